The lowest BCUT2D eigenvalue weighted by Crippen LogP contribution is -2.46. The van der Waals surface area contributed by atoms with Gasteiger partial charge in [0.25, 0.3) is 0 Å². The summed E-state index contributed by atoms with van der Waals surface area (Å²) in [6, 6.07) is 6.21. The van der Waals surface area contributed by atoms with E-state index < -0.39 is 0 Å². The summed E-state index contributed by atoms with van der Waals surface area (Å²) in [5.74, 6) is 1.57. The van der Waals surface area contributed by atoms with Crippen LogP contribution in [0.5, 0.6) is 11.5 Å². The van der Waals surface area contributed by atoms with Gasteiger partial charge in [0.2, 0.25) is 5.91 Å². The summed E-state index contributed by atoms with van der Waals surface area (Å²) in [5, 5.41) is 4.28. The van der Waals surface area contributed by atoms with E-state index in [0.29, 0.717) is 25.6 Å². The molecule has 1 aliphatic heterocycles. The van der Waals surface area contributed by atoms with Gasteiger partial charge in [0.1, 0.15) is 6.61 Å². The summed E-state index contributed by atoms with van der Waals surface area (Å²) < 4.78 is 13.2. The first kappa shape index (κ1) is 18.8. The fourth-order valence-electron chi connectivity index (χ4n) is 4.48. The van der Waals surface area contributed by atoms with E-state index in [0.717, 1.165) is 35.5 Å². The molecule has 1 atom stereocenters. The summed E-state index contributed by atoms with van der Waals surface area (Å²) in [5.41, 5.74) is 2.13. The van der Waals surface area contributed by atoms with Crippen molar-refractivity contribution in [3.8, 4) is 11.5 Å². The standard InChI is InChI=1S/C22H29N3O3/c1-24-13-16(12-23-24)14-25(19-8-4-3-5-9-19)22(26)18-11-17-7-6-10-20(27-2)21(17)28-15-18/h6-7,10,12-13,18-19H,3-5,8-9,11,14-15H2,1-2H3/t18-/m1/s1. The van der Waals surface area contributed by atoms with Crippen LogP contribution < -0.4 is 9.47 Å². The van der Waals surface area contributed by atoms with Crippen LogP contribution in [0.4, 0.5) is 0 Å². The van der Waals surface area contributed by atoms with Crippen LogP contribution in [0.2, 0.25) is 0 Å². The summed E-state index contributed by atoms with van der Waals surface area (Å²) in [4.78, 5) is 15.7. The molecular formula is C22H29N3O3. The number of methoxy groups -OCH3 is 1. The molecule has 0 saturated heterocycles. The molecule has 0 unspecified atom stereocenters. The Morgan fingerprint density at radius 2 is 2.14 bits per heavy atom. The SMILES string of the molecule is COc1cccc2c1OC[C@H](C(=O)N(Cc1cnn(C)c1)C1CCCCC1)C2. The Morgan fingerprint density at radius 3 is 2.86 bits per heavy atom. The fourth-order valence-corrected chi connectivity index (χ4v) is 4.48. The number of carbonyl (C=O) groups is 1. The van der Waals surface area contributed by atoms with Gasteiger partial charge in [0, 0.05) is 31.4 Å². The maximum atomic E-state index is 13.6. The maximum absolute atomic E-state index is 13.6. The predicted molar refractivity (Wildman–Crippen MR) is 106 cm³/mol. The number of fused-ring (bicyclic) bond motifs is 1. The van der Waals surface area contributed by atoms with Crippen molar-refractivity contribution in [1.82, 2.24) is 14.7 Å². The maximum Gasteiger partial charge on any atom is 0.230 e. The summed E-state index contributed by atoms with van der Waals surface area (Å²) in [6.45, 7) is 1.03. The van der Waals surface area contributed by atoms with E-state index in [1.165, 1.54) is 19.3 Å². The number of hydrogen-bond acceptors (Lipinski definition) is 4. The molecule has 1 fully saturated rings. The van der Waals surface area contributed by atoms with Crippen molar-refractivity contribution >= 4 is 5.91 Å². The fraction of sp³-hybridized carbons (Fsp3) is 0.545. The smallest absolute Gasteiger partial charge is 0.230 e. The zero-order chi connectivity index (χ0) is 19.5. The van der Waals surface area contributed by atoms with Crippen molar-refractivity contribution < 1.29 is 14.3 Å². The van der Waals surface area contributed by atoms with E-state index >= 15 is 0 Å². The Balaban J connectivity index is 1.54. The number of hydrogen-bond donors (Lipinski definition) is 0. The molecule has 1 aromatic heterocycles. The highest BCUT2D eigenvalue weighted by atomic mass is 16.5. The molecule has 4 rings (SSSR count). The van der Waals surface area contributed by atoms with Gasteiger partial charge < -0.3 is 14.4 Å². The zero-order valence-electron chi connectivity index (χ0n) is 16.8. The molecular weight excluding hydrogens is 354 g/mol. The topological polar surface area (TPSA) is 56.6 Å². The second kappa shape index (κ2) is 8.25. The molecule has 0 spiro atoms. The van der Waals surface area contributed by atoms with Crippen LogP contribution in [-0.2, 0) is 24.8 Å². The average molecular weight is 383 g/mol. The van der Waals surface area contributed by atoms with Gasteiger partial charge in [-0.15, -0.1) is 0 Å². The largest absolute Gasteiger partial charge is 0.493 e. The lowest BCUT2D eigenvalue weighted by molar-refractivity contribution is -0.140. The van der Waals surface area contributed by atoms with E-state index in [4.69, 9.17) is 9.47 Å². The van der Waals surface area contributed by atoms with Crippen LogP contribution in [0.15, 0.2) is 30.6 Å². The van der Waals surface area contributed by atoms with Crippen LogP contribution in [0, 0.1) is 5.92 Å². The third-order valence-electron chi connectivity index (χ3n) is 5.93. The number of rotatable bonds is 5. The minimum atomic E-state index is -0.154. The van der Waals surface area contributed by atoms with Gasteiger partial charge in [-0.3, -0.25) is 9.48 Å². The molecule has 6 nitrogen and oxygen atoms in total. The lowest BCUT2D eigenvalue weighted by Gasteiger charge is -2.37. The minimum absolute atomic E-state index is 0.154. The molecule has 1 aliphatic carbocycles. The number of para-hydroxylation sites is 1. The van der Waals surface area contributed by atoms with E-state index in [1.807, 2.05) is 37.6 Å². The quantitative estimate of drug-likeness (QED) is 0.795. The molecule has 6 heteroatoms. The number of amides is 1. The van der Waals surface area contributed by atoms with Crippen LogP contribution in [0.25, 0.3) is 0 Å². The molecule has 0 bridgehead atoms. The lowest BCUT2D eigenvalue weighted by atomic mass is 9.90. The van der Waals surface area contributed by atoms with Crippen molar-refractivity contribution in [2.24, 2.45) is 13.0 Å². The first-order chi connectivity index (χ1) is 13.7. The normalized spacial score (nSPS) is 19.6. The molecule has 1 saturated carbocycles. The molecule has 2 aliphatic rings. The number of nitrogens with zero attached hydrogens (tertiary/aromatic N) is 3. The highest BCUT2D eigenvalue weighted by Crippen LogP contribution is 2.37. The third kappa shape index (κ3) is 3.86. The Labute approximate surface area is 166 Å². The van der Waals surface area contributed by atoms with Gasteiger partial charge in [-0.25, -0.2) is 0 Å². The van der Waals surface area contributed by atoms with Crippen LogP contribution in [0.1, 0.15) is 43.2 Å². The average Bonchev–Trinajstić information content (AvgIpc) is 3.16. The van der Waals surface area contributed by atoms with E-state index in [2.05, 4.69) is 10.00 Å². The zero-order valence-corrected chi connectivity index (χ0v) is 16.8. The van der Waals surface area contributed by atoms with Crippen molar-refractivity contribution in [3.05, 3.63) is 41.7 Å². The van der Waals surface area contributed by atoms with Crippen molar-refractivity contribution in [3.63, 3.8) is 0 Å². The molecule has 1 aromatic carbocycles. The van der Waals surface area contributed by atoms with E-state index in [1.54, 1.807) is 11.8 Å². The Bertz CT molecular complexity index is 826. The molecule has 1 amide bonds. The highest BCUT2D eigenvalue weighted by molar-refractivity contribution is 5.80. The first-order valence-electron chi connectivity index (χ1n) is 10.2. The van der Waals surface area contributed by atoms with Gasteiger partial charge in [-0.1, -0.05) is 31.4 Å². The summed E-state index contributed by atoms with van der Waals surface area (Å²) >= 11 is 0. The van der Waals surface area contributed by atoms with Gasteiger partial charge in [-0.2, -0.15) is 5.10 Å². The van der Waals surface area contributed by atoms with E-state index in [9.17, 15) is 4.79 Å². The molecule has 28 heavy (non-hydrogen) atoms. The first-order valence-corrected chi connectivity index (χ1v) is 10.2. The number of ether oxygens (including phenoxy) is 2. The highest BCUT2D eigenvalue weighted by Gasteiger charge is 2.34. The van der Waals surface area contributed by atoms with Gasteiger partial charge >= 0.3 is 0 Å². The summed E-state index contributed by atoms with van der Waals surface area (Å²) in [6.07, 6.45) is 10.4. The molecule has 2 heterocycles. The van der Waals surface area contributed by atoms with Gasteiger partial charge in [-0.05, 0) is 30.9 Å². The van der Waals surface area contributed by atoms with Crippen LogP contribution in [-0.4, -0.2) is 40.3 Å². The third-order valence-corrected chi connectivity index (χ3v) is 5.93. The molecule has 2 aromatic rings. The molecule has 0 radical (unpaired) electrons. The number of carbonyl (C=O) groups excluding carboxylic acids is 1. The van der Waals surface area contributed by atoms with Crippen molar-refractivity contribution in [2.75, 3.05) is 13.7 Å². The predicted octanol–water partition coefficient (Wildman–Crippen LogP) is 3.34. The van der Waals surface area contributed by atoms with Gasteiger partial charge in [0.15, 0.2) is 11.5 Å². The van der Waals surface area contributed by atoms with E-state index in [-0.39, 0.29) is 11.8 Å². The second-order valence-electron chi connectivity index (χ2n) is 7.94. The minimum Gasteiger partial charge on any atom is -0.493 e. The number of aryl methyl sites for hydroxylation is 1. The Kier molecular flexibility index (Phi) is 5.55. The molecule has 0 N–H and O–H groups in total. The van der Waals surface area contributed by atoms with Crippen LogP contribution >= 0.6 is 0 Å². The number of aromatic nitrogens is 2. The van der Waals surface area contributed by atoms with Crippen molar-refractivity contribution in [1.29, 1.82) is 0 Å². The molecule has 150 valence electrons. The Morgan fingerprint density at radius 1 is 1.32 bits per heavy atom. The van der Waals surface area contributed by atoms with Gasteiger partial charge in [0.05, 0.1) is 19.2 Å². The van der Waals surface area contributed by atoms with Crippen LogP contribution in [0.3, 0.4) is 0 Å². The monoisotopic (exact) mass is 383 g/mol. The Hall–Kier alpha value is -2.50. The second-order valence-corrected chi connectivity index (χ2v) is 7.94. The summed E-state index contributed by atoms with van der Waals surface area (Å²) in [7, 11) is 3.56. The number of benzene rings is 1. The van der Waals surface area contributed by atoms with Crippen molar-refractivity contribution in [2.45, 2.75) is 51.1 Å².